The fourth-order valence-corrected chi connectivity index (χ4v) is 3.61. The zero-order valence-electron chi connectivity index (χ0n) is 16.0. The van der Waals surface area contributed by atoms with E-state index >= 15 is 0 Å². The Bertz CT molecular complexity index is 712. The van der Waals surface area contributed by atoms with E-state index in [2.05, 4.69) is 35.0 Å². The summed E-state index contributed by atoms with van der Waals surface area (Å²) in [6.45, 7) is 9.44. The molecule has 6 heteroatoms. The van der Waals surface area contributed by atoms with Crippen LogP contribution < -0.4 is 0 Å². The maximum absolute atomic E-state index is 12.3. The molecule has 3 rings (SSSR count). The van der Waals surface area contributed by atoms with Gasteiger partial charge in [0.1, 0.15) is 0 Å². The summed E-state index contributed by atoms with van der Waals surface area (Å²) in [7, 11) is 0. The van der Waals surface area contributed by atoms with Gasteiger partial charge in [-0.05, 0) is 44.9 Å². The highest BCUT2D eigenvalue weighted by molar-refractivity contribution is 5.73. The van der Waals surface area contributed by atoms with E-state index in [1.807, 2.05) is 34.1 Å². The number of hydrogen-bond acceptors (Lipinski definition) is 4. The lowest BCUT2D eigenvalue weighted by molar-refractivity contribution is -0.133. The number of rotatable bonds is 6. The van der Waals surface area contributed by atoms with Crippen molar-refractivity contribution in [3.8, 4) is 0 Å². The van der Waals surface area contributed by atoms with Gasteiger partial charge in [0, 0.05) is 62.8 Å². The summed E-state index contributed by atoms with van der Waals surface area (Å²) in [5.74, 6) is 0.133. The van der Waals surface area contributed by atoms with E-state index < -0.39 is 0 Å². The van der Waals surface area contributed by atoms with E-state index in [1.165, 1.54) is 5.56 Å². The maximum atomic E-state index is 12.3. The van der Waals surface area contributed by atoms with Crippen LogP contribution in [0, 0.1) is 0 Å². The van der Waals surface area contributed by atoms with Crippen molar-refractivity contribution >= 4 is 5.91 Å². The van der Waals surface area contributed by atoms with Crippen LogP contribution in [-0.4, -0.2) is 49.6 Å². The first-order valence-electron chi connectivity index (χ1n) is 9.44. The molecule has 6 nitrogen and oxygen atoms in total. The van der Waals surface area contributed by atoms with Crippen molar-refractivity contribution < 1.29 is 4.79 Å². The van der Waals surface area contributed by atoms with Crippen molar-refractivity contribution in [3.05, 3.63) is 48.0 Å². The number of carbonyl (C=O) groups excluding carboxylic acids is 1. The lowest BCUT2D eigenvalue weighted by Crippen LogP contribution is -2.49. The second-order valence-electron chi connectivity index (χ2n) is 7.46. The van der Waals surface area contributed by atoms with Gasteiger partial charge >= 0.3 is 0 Å². The minimum Gasteiger partial charge on any atom is -0.334 e. The Morgan fingerprint density at radius 3 is 2.85 bits per heavy atom. The molecule has 1 atom stereocenters. The number of hydrogen-bond donors (Lipinski definition) is 0. The third-order valence-corrected chi connectivity index (χ3v) is 4.99. The highest BCUT2D eigenvalue weighted by atomic mass is 16.2. The van der Waals surface area contributed by atoms with Crippen LogP contribution >= 0.6 is 0 Å². The van der Waals surface area contributed by atoms with Gasteiger partial charge in [0.15, 0.2) is 0 Å². The van der Waals surface area contributed by atoms with Gasteiger partial charge in [-0.25, -0.2) is 0 Å². The molecule has 2 aromatic rings. The summed E-state index contributed by atoms with van der Waals surface area (Å²) < 4.78 is 2.00. The van der Waals surface area contributed by atoms with Gasteiger partial charge in [-0.3, -0.25) is 19.4 Å². The molecule has 0 radical (unpaired) electrons. The normalized spacial score (nSPS) is 18.2. The Labute approximate surface area is 155 Å². The number of piperidine rings is 1. The lowest BCUT2D eigenvalue weighted by atomic mass is 10.0. The van der Waals surface area contributed by atoms with E-state index in [0.717, 1.165) is 38.0 Å². The molecular formula is C20H29N5O. The Morgan fingerprint density at radius 2 is 2.19 bits per heavy atom. The van der Waals surface area contributed by atoms with Gasteiger partial charge in [-0.2, -0.15) is 5.10 Å². The van der Waals surface area contributed by atoms with Crippen LogP contribution in [0.25, 0.3) is 0 Å². The molecule has 1 unspecified atom stereocenters. The Kier molecular flexibility index (Phi) is 6.04. The predicted octanol–water partition coefficient (Wildman–Crippen LogP) is 2.87. The molecule has 2 aromatic heterocycles. The van der Waals surface area contributed by atoms with Crippen LogP contribution in [0.15, 0.2) is 36.9 Å². The van der Waals surface area contributed by atoms with Crippen molar-refractivity contribution in [1.82, 2.24) is 24.6 Å². The number of amides is 1. The monoisotopic (exact) mass is 355 g/mol. The quantitative estimate of drug-likeness (QED) is 0.799. The highest BCUT2D eigenvalue weighted by Gasteiger charge is 2.27. The van der Waals surface area contributed by atoms with Gasteiger partial charge in [-0.1, -0.05) is 6.07 Å². The van der Waals surface area contributed by atoms with E-state index in [1.54, 1.807) is 13.1 Å². The molecule has 3 heterocycles. The number of carbonyl (C=O) groups is 1. The van der Waals surface area contributed by atoms with Gasteiger partial charge in [0.2, 0.25) is 5.91 Å². The first kappa shape index (κ1) is 18.6. The highest BCUT2D eigenvalue weighted by Crippen LogP contribution is 2.20. The largest absolute Gasteiger partial charge is 0.334 e. The van der Waals surface area contributed by atoms with E-state index in [9.17, 15) is 4.79 Å². The van der Waals surface area contributed by atoms with Crippen molar-refractivity contribution in [2.75, 3.05) is 13.1 Å². The SMILES string of the molecule is CC(=O)N(Cc1cccnc1)C1CCCN(Cc2cnn(C(C)C)c2)C1. The molecule has 1 aliphatic heterocycles. The van der Waals surface area contributed by atoms with Crippen molar-refractivity contribution in [2.45, 2.75) is 58.8 Å². The molecule has 0 bridgehead atoms. The van der Waals surface area contributed by atoms with Gasteiger partial charge < -0.3 is 4.90 Å². The molecular weight excluding hydrogens is 326 g/mol. The predicted molar refractivity (Wildman–Crippen MR) is 101 cm³/mol. The smallest absolute Gasteiger partial charge is 0.220 e. The molecule has 0 aromatic carbocycles. The first-order chi connectivity index (χ1) is 12.5. The molecule has 1 fully saturated rings. The summed E-state index contributed by atoms with van der Waals surface area (Å²) in [6, 6.07) is 4.59. The van der Waals surface area contributed by atoms with Crippen LogP contribution in [0.2, 0.25) is 0 Å². The average Bonchev–Trinajstić information content (AvgIpc) is 3.09. The number of pyridine rings is 1. The second-order valence-corrected chi connectivity index (χ2v) is 7.46. The molecule has 0 spiro atoms. The minimum absolute atomic E-state index is 0.133. The summed E-state index contributed by atoms with van der Waals surface area (Å²) >= 11 is 0. The molecule has 1 aliphatic rings. The van der Waals surface area contributed by atoms with Crippen molar-refractivity contribution in [1.29, 1.82) is 0 Å². The summed E-state index contributed by atoms with van der Waals surface area (Å²) in [6.07, 6.45) is 9.87. The molecule has 140 valence electrons. The summed E-state index contributed by atoms with van der Waals surface area (Å²) in [5, 5.41) is 4.44. The fraction of sp³-hybridized carbons (Fsp3) is 0.550. The Balaban J connectivity index is 1.64. The van der Waals surface area contributed by atoms with Crippen LogP contribution in [0.4, 0.5) is 0 Å². The Morgan fingerprint density at radius 1 is 1.35 bits per heavy atom. The van der Waals surface area contributed by atoms with Crippen LogP contribution in [0.5, 0.6) is 0 Å². The van der Waals surface area contributed by atoms with E-state index in [4.69, 9.17) is 0 Å². The first-order valence-corrected chi connectivity index (χ1v) is 9.44. The molecule has 1 amide bonds. The van der Waals surface area contributed by atoms with E-state index in [0.29, 0.717) is 12.6 Å². The topological polar surface area (TPSA) is 54.3 Å². The van der Waals surface area contributed by atoms with Crippen LogP contribution in [-0.2, 0) is 17.9 Å². The zero-order chi connectivity index (χ0) is 18.5. The van der Waals surface area contributed by atoms with Crippen LogP contribution in [0.3, 0.4) is 0 Å². The summed E-state index contributed by atoms with van der Waals surface area (Å²) in [4.78, 5) is 20.9. The molecule has 26 heavy (non-hydrogen) atoms. The number of nitrogens with zero attached hydrogens (tertiary/aromatic N) is 5. The standard InChI is InChI=1S/C20H29N5O/c1-16(2)25-14-19(11-22-25)12-23-9-5-7-20(15-23)24(17(3)26)13-18-6-4-8-21-10-18/h4,6,8,10-11,14,16,20H,5,7,9,12-13,15H2,1-3H3. The van der Waals surface area contributed by atoms with Gasteiger partial charge in [-0.15, -0.1) is 0 Å². The molecule has 0 aliphatic carbocycles. The lowest BCUT2D eigenvalue weighted by Gasteiger charge is -2.39. The van der Waals surface area contributed by atoms with Gasteiger partial charge in [0.05, 0.1) is 6.20 Å². The van der Waals surface area contributed by atoms with Crippen LogP contribution in [0.1, 0.15) is 50.8 Å². The fourth-order valence-electron chi connectivity index (χ4n) is 3.61. The Hall–Kier alpha value is -2.21. The average molecular weight is 355 g/mol. The molecule has 1 saturated heterocycles. The zero-order valence-corrected chi connectivity index (χ0v) is 16.0. The minimum atomic E-state index is 0.133. The second kappa shape index (κ2) is 8.45. The summed E-state index contributed by atoms with van der Waals surface area (Å²) in [5.41, 5.74) is 2.32. The number of likely N-dealkylation sites (tertiary alicyclic amines) is 1. The molecule has 0 N–H and O–H groups in total. The van der Waals surface area contributed by atoms with E-state index in [-0.39, 0.29) is 11.9 Å². The maximum Gasteiger partial charge on any atom is 0.220 e. The van der Waals surface area contributed by atoms with Crippen molar-refractivity contribution in [2.24, 2.45) is 0 Å². The number of aromatic nitrogens is 3. The third-order valence-electron chi connectivity index (χ3n) is 4.99. The van der Waals surface area contributed by atoms with Crippen molar-refractivity contribution in [3.63, 3.8) is 0 Å². The third kappa shape index (κ3) is 4.69. The van der Waals surface area contributed by atoms with Gasteiger partial charge in [0.25, 0.3) is 0 Å². The molecule has 0 saturated carbocycles.